The molecule has 0 aliphatic heterocycles. The minimum Gasteiger partial charge on any atom is -0.326 e. The SMILES string of the molecule is CC(=O)Nc1cccc(-n2nnnc2SCc2ccc(Cl)s2)c1. The van der Waals surface area contributed by atoms with Crippen LogP contribution in [0.3, 0.4) is 0 Å². The van der Waals surface area contributed by atoms with Crippen LogP contribution in [-0.2, 0) is 10.5 Å². The fourth-order valence-electron chi connectivity index (χ4n) is 1.91. The molecule has 0 radical (unpaired) electrons. The molecule has 0 fully saturated rings. The Morgan fingerprint density at radius 2 is 2.26 bits per heavy atom. The highest BCUT2D eigenvalue weighted by Gasteiger charge is 2.11. The molecule has 0 aliphatic carbocycles. The molecule has 0 spiro atoms. The van der Waals surface area contributed by atoms with Gasteiger partial charge >= 0.3 is 0 Å². The molecule has 0 unspecified atom stereocenters. The third-order valence-electron chi connectivity index (χ3n) is 2.82. The number of benzene rings is 1. The summed E-state index contributed by atoms with van der Waals surface area (Å²) in [6.45, 7) is 1.47. The lowest BCUT2D eigenvalue weighted by atomic mass is 10.3. The second-order valence-corrected chi connectivity index (χ2v) is 7.34. The predicted octanol–water partition coefficient (Wildman–Crippen LogP) is 3.63. The van der Waals surface area contributed by atoms with Gasteiger partial charge in [-0.25, -0.2) is 0 Å². The summed E-state index contributed by atoms with van der Waals surface area (Å²) in [4.78, 5) is 12.3. The van der Waals surface area contributed by atoms with Gasteiger partial charge in [-0.15, -0.1) is 16.4 Å². The van der Waals surface area contributed by atoms with Gasteiger partial charge in [-0.3, -0.25) is 4.79 Å². The van der Waals surface area contributed by atoms with Crippen LogP contribution in [0.5, 0.6) is 0 Å². The number of carbonyl (C=O) groups excluding carboxylic acids is 1. The summed E-state index contributed by atoms with van der Waals surface area (Å²) < 4.78 is 2.41. The Balaban J connectivity index is 1.78. The van der Waals surface area contributed by atoms with Crippen molar-refractivity contribution in [2.24, 2.45) is 0 Å². The highest BCUT2D eigenvalue weighted by molar-refractivity contribution is 7.98. The van der Waals surface area contributed by atoms with Crippen LogP contribution in [-0.4, -0.2) is 26.1 Å². The molecule has 2 heterocycles. The second kappa shape index (κ2) is 7.12. The topological polar surface area (TPSA) is 72.7 Å². The summed E-state index contributed by atoms with van der Waals surface area (Å²) >= 11 is 9.00. The molecule has 0 saturated carbocycles. The van der Waals surface area contributed by atoms with Crippen molar-refractivity contribution in [2.45, 2.75) is 17.8 Å². The van der Waals surface area contributed by atoms with Crippen LogP contribution in [0.4, 0.5) is 5.69 Å². The van der Waals surface area contributed by atoms with Crippen molar-refractivity contribution in [3.8, 4) is 5.69 Å². The number of amides is 1. The first-order chi connectivity index (χ1) is 11.1. The number of tetrazole rings is 1. The molecule has 3 aromatic rings. The maximum absolute atomic E-state index is 11.2. The van der Waals surface area contributed by atoms with Crippen molar-refractivity contribution in [1.82, 2.24) is 20.2 Å². The number of halogens is 1. The van der Waals surface area contributed by atoms with Gasteiger partial charge in [-0.1, -0.05) is 29.4 Å². The molecule has 0 saturated heterocycles. The Morgan fingerprint density at radius 1 is 1.39 bits per heavy atom. The lowest BCUT2D eigenvalue weighted by Crippen LogP contribution is -2.07. The number of carbonyl (C=O) groups is 1. The van der Waals surface area contributed by atoms with E-state index in [0.29, 0.717) is 10.8 Å². The first-order valence-corrected chi connectivity index (χ1v) is 8.83. The minimum atomic E-state index is -0.122. The fraction of sp³-hybridized carbons (Fsp3) is 0.143. The van der Waals surface area contributed by atoms with E-state index in [1.165, 1.54) is 30.0 Å². The normalized spacial score (nSPS) is 10.7. The van der Waals surface area contributed by atoms with Crippen molar-refractivity contribution >= 4 is 46.3 Å². The summed E-state index contributed by atoms with van der Waals surface area (Å²) in [5, 5.41) is 15.2. The number of anilines is 1. The average Bonchev–Trinajstić information content (AvgIpc) is 3.13. The number of rotatable bonds is 5. The molecule has 2 aromatic heterocycles. The summed E-state index contributed by atoms with van der Waals surface area (Å²) in [5.41, 5.74) is 1.49. The lowest BCUT2D eigenvalue weighted by Gasteiger charge is -2.06. The monoisotopic (exact) mass is 365 g/mol. The zero-order chi connectivity index (χ0) is 16.2. The number of thioether (sulfide) groups is 1. The Labute approximate surface area is 145 Å². The van der Waals surface area contributed by atoms with Crippen molar-refractivity contribution in [3.63, 3.8) is 0 Å². The molecular formula is C14H12ClN5OS2. The number of aromatic nitrogens is 4. The number of nitrogens with one attached hydrogen (secondary N) is 1. The van der Waals surface area contributed by atoms with E-state index in [9.17, 15) is 4.79 Å². The fourth-order valence-corrected chi connectivity index (χ4v) is 3.94. The second-order valence-electron chi connectivity index (χ2n) is 4.60. The smallest absolute Gasteiger partial charge is 0.221 e. The van der Waals surface area contributed by atoms with Gasteiger partial charge in [0.2, 0.25) is 11.1 Å². The highest BCUT2D eigenvalue weighted by Crippen LogP contribution is 2.28. The quantitative estimate of drug-likeness (QED) is 0.699. The van der Waals surface area contributed by atoms with E-state index in [-0.39, 0.29) is 5.91 Å². The van der Waals surface area contributed by atoms with E-state index in [0.717, 1.165) is 20.7 Å². The first-order valence-electron chi connectivity index (χ1n) is 6.65. The van der Waals surface area contributed by atoms with Crippen LogP contribution in [0.15, 0.2) is 41.6 Å². The highest BCUT2D eigenvalue weighted by atomic mass is 35.5. The van der Waals surface area contributed by atoms with Crippen LogP contribution in [0.25, 0.3) is 5.69 Å². The van der Waals surface area contributed by atoms with Crippen LogP contribution >= 0.6 is 34.7 Å². The number of hydrogen-bond acceptors (Lipinski definition) is 6. The summed E-state index contributed by atoms with van der Waals surface area (Å²) in [6.07, 6.45) is 0. The van der Waals surface area contributed by atoms with Crippen LogP contribution < -0.4 is 5.32 Å². The van der Waals surface area contributed by atoms with Gasteiger partial charge in [0.25, 0.3) is 0 Å². The van der Waals surface area contributed by atoms with Gasteiger partial charge in [0.1, 0.15) is 0 Å². The van der Waals surface area contributed by atoms with Crippen LogP contribution in [0.2, 0.25) is 4.34 Å². The number of nitrogens with zero attached hydrogens (tertiary/aromatic N) is 4. The molecule has 118 valence electrons. The minimum absolute atomic E-state index is 0.122. The average molecular weight is 366 g/mol. The molecule has 0 aliphatic rings. The predicted molar refractivity (Wildman–Crippen MR) is 92.3 cm³/mol. The van der Waals surface area contributed by atoms with Gasteiger partial charge in [-0.05, 0) is 40.8 Å². The standard InChI is InChI=1S/C14H12ClN5OS2/c1-9(21)16-10-3-2-4-11(7-10)20-14(17-18-19-20)22-8-12-5-6-13(15)23-12/h2-7H,8H2,1H3,(H,16,21). The molecule has 23 heavy (non-hydrogen) atoms. The molecule has 3 rings (SSSR count). The van der Waals surface area contributed by atoms with E-state index in [1.807, 2.05) is 36.4 Å². The Hall–Kier alpha value is -1.90. The molecule has 9 heteroatoms. The Kier molecular flexibility index (Phi) is 4.94. The largest absolute Gasteiger partial charge is 0.326 e. The molecule has 6 nitrogen and oxygen atoms in total. The molecule has 0 atom stereocenters. The summed E-state index contributed by atoms with van der Waals surface area (Å²) in [5.74, 6) is 0.617. The molecular weight excluding hydrogens is 354 g/mol. The molecule has 1 amide bonds. The van der Waals surface area contributed by atoms with E-state index in [2.05, 4.69) is 20.8 Å². The third kappa shape index (κ3) is 4.10. The lowest BCUT2D eigenvalue weighted by molar-refractivity contribution is -0.114. The zero-order valence-electron chi connectivity index (χ0n) is 12.1. The van der Waals surface area contributed by atoms with Gasteiger partial charge in [0.05, 0.1) is 10.0 Å². The van der Waals surface area contributed by atoms with Crippen LogP contribution in [0, 0.1) is 0 Å². The maximum Gasteiger partial charge on any atom is 0.221 e. The van der Waals surface area contributed by atoms with Crippen molar-refractivity contribution in [2.75, 3.05) is 5.32 Å². The van der Waals surface area contributed by atoms with Gasteiger partial charge in [0.15, 0.2) is 0 Å². The number of hydrogen-bond donors (Lipinski definition) is 1. The van der Waals surface area contributed by atoms with Crippen molar-refractivity contribution < 1.29 is 4.79 Å². The molecule has 1 aromatic carbocycles. The van der Waals surface area contributed by atoms with Crippen LogP contribution in [0.1, 0.15) is 11.8 Å². The van der Waals surface area contributed by atoms with Gasteiger partial charge < -0.3 is 5.32 Å². The van der Waals surface area contributed by atoms with Gasteiger partial charge in [0, 0.05) is 23.2 Å². The van der Waals surface area contributed by atoms with E-state index < -0.39 is 0 Å². The Bertz CT molecular complexity index is 832. The van der Waals surface area contributed by atoms with Gasteiger partial charge in [-0.2, -0.15) is 4.68 Å². The maximum atomic E-state index is 11.2. The zero-order valence-corrected chi connectivity index (χ0v) is 14.5. The summed E-state index contributed by atoms with van der Waals surface area (Å²) in [7, 11) is 0. The number of thiophene rings is 1. The first kappa shape index (κ1) is 16.0. The van der Waals surface area contributed by atoms with E-state index in [4.69, 9.17) is 11.6 Å². The molecule has 0 bridgehead atoms. The third-order valence-corrected chi connectivity index (χ3v) is 5.21. The molecule has 1 N–H and O–H groups in total. The van der Waals surface area contributed by atoms with Crippen molar-refractivity contribution in [3.05, 3.63) is 45.6 Å². The van der Waals surface area contributed by atoms with E-state index in [1.54, 1.807) is 4.68 Å². The summed E-state index contributed by atoms with van der Waals surface area (Å²) in [6, 6.07) is 11.2. The van der Waals surface area contributed by atoms with E-state index >= 15 is 0 Å². The Morgan fingerprint density at radius 3 is 3.00 bits per heavy atom. The van der Waals surface area contributed by atoms with Crippen molar-refractivity contribution in [1.29, 1.82) is 0 Å².